The number of pyridine rings is 1. The third-order valence-corrected chi connectivity index (χ3v) is 3.49. The number of carbonyl (C=O) groups is 1. The van der Waals surface area contributed by atoms with Gasteiger partial charge in [0.1, 0.15) is 0 Å². The highest BCUT2D eigenvalue weighted by molar-refractivity contribution is 5.85. The zero-order valence-corrected chi connectivity index (χ0v) is 12.4. The number of hydrogen-bond acceptors (Lipinski definition) is 3. The van der Waals surface area contributed by atoms with Crippen LogP contribution in [0.15, 0.2) is 24.5 Å². The van der Waals surface area contributed by atoms with Crippen LogP contribution in [0.3, 0.4) is 0 Å². The fourth-order valence-corrected chi connectivity index (χ4v) is 2.49. The molecule has 1 heterocycles. The highest BCUT2D eigenvalue weighted by Gasteiger charge is 2.31. The molecule has 0 saturated heterocycles. The topological polar surface area (TPSA) is 68.0 Å². The van der Waals surface area contributed by atoms with Crippen LogP contribution in [-0.2, 0) is 11.3 Å². The second-order valence-corrected chi connectivity index (χ2v) is 4.61. The molecule has 3 N–H and O–H groups in total. The quantitative estimate of drug-likeness (QED) is 0.893. The van der Waals surface area contributed by atoms with Crippen molar-refractivity contribution in [1.29, 1.82) is 0 Å². The van der Waals surface area contributed by atoms with Crippen LogP contribution in [0.2, 0.25) is 0 Å². The van der Waals surface area contributed by atoms with E-state index in [1.807, 2.05) is 12.1 Å². The van der Waals surface area contributed by atoms with Crippen molar-refractivity contribution in [2.75, 3.05) is 6.54 Å². The number of carbonyl (C=O) groups excluding carboxylic acids is 1. The molecule has 2 atom stereocenters. The SMILES string of the molecule is Cl.Cl.NC[C@H]1CCC[C@H]1C(=O)NCc1cccnc1. The normalized spacial score (nSPS) is 21.1. The Morgan fingerprint density at radius 2 is 2.21 bits per heavy atom. The van der Waals surface area contributed by atoms with Crippen molar-refractivity contribution < 1.29 is 4.79 Å². The van der Waals surface area contributed by atoms with Crippen LogP contribution in [-0.4, -0.2) is 17.4 Å². The maximum absolute atomic E-state index is 12.0. The van der Waals surface area contributed by atoms with E-state index in [1.54, 1.807) is 12.4 Å². The van der Waals surface area contributed by atoms with Gasteiger partial charge in [-0.25, -0.2) is 0 Å². The lowest BCUT2D eigenvalue weighted by Crippen LogP contribution is -2.34. The monoisotopic (exact) mass is 305 g/mol. The van der Waals surface area contributed by atoms with Gasteiger partial charge in [-0.05, 0) is 36.9 Å². The molecule has 19 heavy (non-hydrogen) atoms. The van der Waals surface area contributed by atoms with E-state index in [4.69, 9.17) is 5.73 Å². The molecule has 1 aliphatic rings. The standard InChI is InChI=1S/C13H19N3O.2ClH/c14-7-11-4-1-5-12(11)13(17)16-9-10-3-2-6-15-8-10;;/h2-3,6,8,11-12H,1,4-5,7,9,14H2,(H,16,17);2*1H/t11-,12-;;/m1../s1. The predicted molar refractivity (Wildman–Crippen MR) is 80.5 cm³/mol. The lowest BCUT2D eigenvalue weighted by atomic mass is 9.95. The summed E-state index contributed by atoms with van der Waals surface area (Å²) in [6.07, 6.45) is 6.68. The highest BCUT2D eigenvalue weighted by atomic mass is 35.5. The number of rotatable bonds is 4. The van der Waals surface area contributed by atoms with E-state index in [2.05, 4.69) is 10.3 Å². The average molecular weight is 306 g/mol. The van der Waals surface area contributed by atoms with Crippen molar-refractivity contribution in [3.8, 4) is 0 Å². The van der Waals surface area contributed by atoms with Crippen LogP contribution in [0, 0.1) is 11.8 Å². The Labute approximate surface area is 126 Å². The van der Waals surface area contributed by atoms with Gasteiger partial charge in [-0.1, -0.05) is 12.5 Å². The summed E-state index contributed by atoms with van der Waals surface area (Å²) >= 11 is 0. The van der Waals surface area contributed by atoms with Gasteiger partial charge >= 0.3 is 0 Å². The summed E-state index contributed by atoms with van der Waals surface area (Å²) in [5, 5.41) is 2.97. The van der Waals surface area contributed by atoms with Gasteiger partial charge in [-0.3, -0.25) is 9.78 Å². The van der Waals surface area contributed by atoms with E-state index in [0.717, 1.165) is 24.8 Å². The molecule has 1 fully saturated rings. The summed E-state index contributed by atoms with van der Waals surface area (Å²) in [7, 11) is 0. The molecule has 0 aromatic carbocycles. The number of amides is 1. The predicted octanol–water partition coefficient (Wildman–Crippen LogP) is 1.92. The molecule has 0 spiro atoms. The first-order valence-electron chi connectivity index (χ1n) is 6.18. The van der Waals surface area contributed by atoms with Crippen LogP contribution in [0.5, 0.6) is 0 Å². The minimum absolute atomic E-state index is 0. The molecule has 1 aliphatic carbocycles. The van der Waals surface area contributed by atoms with Crippen molar-refractivity contribution in [3.05, 3.63) is 30.1 Å². The number of nitrogens with two attached hydrogens (primary N) is 1. The van der Waals surface area contributed by atoms with E-state index in [-0.39, 0.29) is 36.6 Å². The first kappa shape index (κ1) is 18.2. The maximum atomic E-state index is 12.0. The minimum Gasteiger partial charge on any atom is -0.352 e. The molecule has 6 heteroatoms. The number of halogens is 2. The summed E-state index contributed by atoms with van der Waals surface area (Å²) in [6.45, 7) is 1.17. The molecule has 0 aliphatic heterocycles. The van der Waals surface area contributed by atoms with Crippen LogP contribution < -0.4 is 11.1 Å². The van der Waals surface area contributed by atoms with Crippen molar-refractivity contribution >= 4 is 30.7 Å². The Balaban J connectivity index is 0.00000162. The highest BCUT2D eigenvalue weighted by Crippen LogP contribution is 2.30. The van der Waals surface area contributed by atoms with E-state index in [9.17, 15) is 4.79 Å². The molecular weight excluding hydrogens is 285 g/mol. The van der Waals surface area contributed by atoms with Gasteiger partial charge in [0.15, 0.2) is 0 Å². The van der Waals surface area contributed by atoms with E-state index in [0.29, 0.717) is 19.0 Å². The van der Waals surface area contributed by atoms with Crippen molar-refractivity contribution in [2.24, 2.45) is 17.6 Å². The molecule has 108 valence electrons. The van der Waals surface area contributed by atoms with Crippen molar-refractivity contribution in [1.82, 2.24) is 10.3 Å². The third-order valence-electron chi connectivity index (χ3n) is 3.49. The Morgan fingerprint density at radius 3 is 2.84 bits per heavy atom. The third kappa shape index (κ3) is 4.97. The number of hydrogen-bond donors (Lipinski definition) is 2. The number of aromatic nitrogens is 1. The molecule has 0 radical (unpaired) electrons. The molecule has 4 nitrogen and oxygen atoms in total. The maximum Gasteiger partial charge on any atom is 0.223 e. The molecule has 1 aromatic heterocycles. The smallest absolute Gasteiger partial charge is 0.223 e. The molecule has 2 rings (SSSR count). The van der Waals surface area contributed by atoms with Crippen molar-refractivity contribution in [3.63, 3.8) is 0 Å². The lowest BCUT2D eigenvalue weighted by Gasteiger charge is -2.17. The summed E-state index contributed by atoms with van der Waals surface area (Å²) in [5.41, 5.74) is 6.71. The molecule has 1 aromatic rings. The Kier molecular flexibility index (Phi) is 8.72. The summed E-state index contributed by atoms with van der Waals surface area (Å²) in [4.78, 5) is 16.0. The van der Waals surface area contributed by atoms with Gasteiger partial charge in [-0.2, -0.15) is 0 Å². The van der Waals surface area contributed by atoms with Gasteiger partial charge in [-0.15, -0.1) is 24.8 Å². The second-order valence-electron chi connectivity index (χ2n) is 4.61. The first-order valence-corrected chi connectivity index (χ1v) is 6.18. The van der Waals surface area contributed by atoms with Crippen LogP contribution >= 0.6 is 24.8 Å². The Morgan fingerprint density at radius 1 is 1.42 bits per heavy atom. The number of nitrogens with one attached hydrogen (secondary N) is 1. The van der Waals surface area contributed by atoms with Gasteiger partial charge in [0, 0.05) is 24.9 Å². The molecular formula is C13H21Cl2N3O. The van der Waals surface area contributed by atoms with Crippen LogP contribution in [0.1, 0.15) is 24.8 Å². The molecule has 1 amide bonds. The Bertz CT molecular complexity index is 375. The summed E-state index contributed by atoms with van der Waals surface area (Å²) in [5.74, 6) is 0.613. The van der Waals surface area contributed by atoms with Crippen molar-refractivity contribution in [2.45, 2.75) is 25.8 Å². The molecule has 0 bridgehead atoms. The van der Waals surface area contributed by atoms with Gasteiger partial charge in [0.25, 0.3) is 0 Å². The zero-order chi connectivity index (χ0) is 12.1. The molecule has 0 unspecified atom stereocenters. The average Bonchev–Trinajstić information content (AvgIpc) is 2.85. The second kappa shape index (κ2) is 9.13. The van der Waals surface area contributed by atoms with Gasteiger partial charge in [0.2, 0.25) is 5.91 Å². The minimum atomic E-state index is 0. The summed E-state index contributed by atoms with van der Waals surface area (Å²) in [6, 6.07) is 3.84. The zero-order valence-electron chi connectivity index (χ0n) is 10.7. The fourth-order valence-electron chi connectivity index (χ4n) is 2.49. The van der Waals surface area contributed by atoms with E-state index < -0.39 is 0 Å². The van der Waals surface area contributed by atoms with Gasteiger partial charge < -0.3 is 11.1 Å². The van der Waals surface area contributed by atoms with Gasteiger partial charge in [0.05, 0.1) is 0 Å². The van der Waals surface area contributed by atoms with E-state index in [1.165, 1.54) is 0 Å². The summed E-state index contributed by atoms with van der Waals surface area (Å²) < 4.78 is 0. The van der Waals surface area contributed by atoms with E-state index >= 15 is 0 Å². The lowest BCUT2D eigenvalue weighted by molar-refractivity contribution is -0.126. The fraction of sp³-hybridized carbons (Fsp3) is 0.538. The molecule has 1 saturated carbocycles. The van der Waals surface area contributed by atoms with Crippen LogP contribution in [0.25, 0.3) is 0 Å². The largest absolute Gasteiger partial charge is 0.352 e. The Hall–Kier alpha value is -0.840. The number of nitrogens with zero attached hydrogens (tertiary/aromatic N) is 1. The van der Waals surface area contributed by atoms with Crippen LogP contribution in [0.4, 0.5) is 0 Å². The first-order chi connectivity index (χ1) is 8.31.